The summed E-state index contributed by atoms with van der Waals surface area (Å²) in [6.07, 6.45) is 0. The van der Waals surface area contributed by atoms with Crippen molar-refractivity contribution in [2.75, 3.05) is 17.6 Å². The number of halogens is 1. The summed E-state index contributed by atoms with van der Waals surface area (Å²) < 4.78 is 12.7. The number of hydrogen-bond acceptors (Lipinski definition) is 4. The first-order valence-electron chi connectivity index (χ1n) is 5.98. The van der Waals surface area contributed by atoms with E-state index in [-0.39, 0.29) is 29.4 Å². The molecule has 1 unspecified atom stereocenters. The van der Waals surface area contributed by atoms with E-state index in [1.54, 1.807) is 6.92 Å². The van der Waals surface area contributed by atoms with E-state index in [0.717, 1.165) is 4.90 Å². The number of carbonyl (C=O) groups excluding carboxylic acids is 3. The summed E-state index contributed by atoms with van der Waals surface area (Å²) in [6, 6.07) is 5.24. The molecule has 2 rings (SSSR count). The van der Waals surface area contributed by atoms with Crippen LogP contribution in [0.15, 0.2) is 24.3 Å². The molecule has 0 radical (unpaired) electrons. The van der Waals surface area contributed by atoms with Crippen LogP contribution in [0.3, 0.4) is 0 Å². The Kier molecular flexibility index (Phi) is 4.39. The van der Waals surface area contributed by atoms with Gasteiger partial charge in [-0.3, -0.25) is 19.3 Å². The number of nitrogens with zero attached hydrogens (tertiary/aromatic N) is 1. The first kappa shape index (κ1) is 14.5. The molecule has 1 aliphatic rings. The lowest BCUT2D eigenvalue weighted by Crippen LogP contribution is -2.49. The first-order chi connectivity index (χ1) is 9.47. The second-order valence-electron chi connectivity index (χ2n) is 4.33. The van der Waals surface area contributed by atoms with Crippen LogP contribution in [0.5, 0.6) is 0 Å². The molecule has 1 atom stereocenters. The van der Waals surface area contributed by atoms with Crippen LogP contribution in [-0.2, 0) is 14.4 Å². The van der Waals surface area contributed by atoms with Crippen molar-refractivity contribution in [2.24, 2.45) is 0 Å². The lowest BCUT2D eigenvalue weighted by atomic mass is 10.3. The smallest absolute Gasteiger partial charge is 0.244 e. The summed E-state index contributed by atoms with van der Waals surface area (Å²) in [7, 11) is 0. The number of nitrogens with one attached hydrogen (secondary N) is 1. The maximum atomic E-state index is 12.7. The zero-order valence-corrected chi connectivity index (χ0v) is 11.6. The van der Waals surface area contributed by atoms with Crippen LogP contribution in [0.25, 0.3) is 0 Å². The van der Waals surface area contributed by atoms with Gasteiger partial charge in [0.2, 0.25) is 17.7 Å². The van der Waals surface area contributed by atoms with Gasteiger partial charge in [0.1, 0.15) is 12.4 Å². The highest BCUT2D eigenvalue weighted by molar-refractivity contribution is 8.01. The number of benzene rings is 1. The zero-order valence-electron chi connectivity index (χ0n) is 10.8. The van der Waals surface area contributed by atoms with Crippen LogP contribution in [0, 0.1) is 5.82 Å². The number of thioether (sulfide) groups is 1. The lowest BCUT2D eigenvalue weighted by molar-refractivity contribution is -0.145. The summed E-state index contributed by atoms with van der Waals surface area (Å²) in [6.45, 7) is 1.38. The van der Waals surface area contributed by atoms with Crippen LogP contribution in [0.1, 0.15) is 6.92 Å². The molecule has 5 nitrogen and oxygen atoms in total. The van der Waals surface area contributed by atoms with Crippen molar-refractivity contribution in [3.63, 3.8) is 0 Å². The molecule has 1 aliphatic heterocycles. The van der Waals surface area contributed by atoms with E-state index in [1.165, 1.54) is 36.0 Å². The Morgan fingerprint density at radius 1 is 1.40 bits per heavy atom. The molecule has 1 N–H and O–H groups in total. The van der Waals surface area contributed by atoms with Crippen LogP contribution in [0.2, 0.25) is 0 Å². The zero-order chi connectivity index (χ0) is 14.7. The number of anilines is 1. The number of rotatable bonds is 3. The van der Waals surface area contributed by atoms with Crippen molar-refractivity contribution >= 4 is 35.2 Å². The Hall–Kier alpha value is -1.89. The highest BCUT2D eigenvalue weighted by atomic mass is 32.2. The van der Waals surface area contributed by atoms with Crippen molar-refractivity contribution in [3.05, 3.63) is 30.1 Å². The Labute approximate surface area is 119 Å². The molecule has 0 saturated carbocycles. The molecular weight excluding hydrogens is 283 g/mol. The van der Waals surface area contributed by atoms with E-state index < -0.39 is 11.7 Å². The third-order valence-electron chi connectivity index (χ3n) is 2.80. The van der Waals surface area contributed by atoms with Gasteiger partial charge in [0.05, 0.1) is 11.0 Å². The van der Waals surface area contributed by atoms with Crippen molar-refractivity contribution < 1.29 is 18.8 Å². The second-order valence-corrected chi connectivity index (χ2v) is 5.66. The van der Waals surface area contributed by atoms with Gasteiger partial charge in [-0.1, -0.05) is 0 Å². The Morgan fingerprint density at radius 2 is 2.05 bits per heavy atom. The molecule has 0 aromatic heterocycles. The first-order valence-corrected chi connectivity index (χ1v) is 7.03. The van der Waals surface area contributed by atoms with Crippen LogP contribution < -0.4 is 5.32 Å². The Balaban J connectivity index is 1.98. The van der Waals surface area contributed by atoms with Gasteiger partial charge in [0.15, 0.2) is 0 Å². The molecule has 7 heteroatoms. The SMILES string of the molecule is CC1SCC(=O)N(CC(=O)Nc2ccc(F)cc2)C1=O. The Bertz CT molecular complexity index is 547. The number of carbonyl (C=O) groups is 3. The molecule has 1 aromatic rings. The summed E-state index contributed by atoms with van der Waals surface area (Å²) >= 11 is 1.26. The summed E-state index contributed by atoms with van der Waals surface area (Å²) in [5.74, 6) is -1.43. The molecule has 0 aliphatic carbocycles. The highest BCUT2D eigenvalue weighted by Crippen LogP contribution is 2.20. The predicted octanol–water partition coefficient (Wildman–Crippen LogP) is 1.25. The molecule has 20 heavy (non-hydrogen) atoms. The molecule has 1 fully saturated rings. The minimum absolute atomic E-state index is 0.191. The fraction of sp³-hybridized carbons (Fsp3) is 0.308. The van der Waals surface area contributed by atoms with E-state index in [1.807, 2.05) is 0 Å². The van der Waals surface area contributed by atoms with Crippen LogP contribution in [0.4, 0.5) is 10.1 Å². The van der Waals surface area contributed by atoms with Crippen molar-refractivity contribution in [3.8, 4) is 0 Å². The summed E-state index contributed by atoms with van der Waals surface area (Å²) in [4.78, 5) is 36.2. The van der Waals surface area contributed by atoms with Gasteiger partial charge in [-0.2, -0.15) is 0 Å². The van der Waals surface area contributed by atoms with Gasteiger partial charge >= 0.3 is 0 Å². The lowest BCUT2D eigenvalue weighted by Gasteiger charge is -2.27. The maximum Gasteiger partial charge on any atom is 0.244 e. The average Bonchev–Trinajstić information content (AvgIpc) is 2.42. The van der Waals surface area contributed by atoms with Crippen LogP contribution >= 0.6 is 11.8 Å². The number of imide groups is 1. The van der Waals surface area contributed by atoms with E-state index in [9.17, 15) is 18.8 Å². The normalized spacial score (nSPS) is 19.1. The quantitative estimate of drug-likeness (QED) is 0.853. The van der Waals surface area contributed by atoms with Gasteiger partial charge in [0, 0.05) is 5.69 Å². The van der Waals surface area contributed by atoms with E-state index in [2.05, 4.69) is 5.32 Å². The fourth-order valence-corrected chi connectivity index (χ4v) is 2.55. The third-order valence-corrected chi connectivity index (χ3v) is 3.92. The largest absolute Gasteiger partial charge is 0.325 e. The summed E-state index contributed by atoms with van der Waals surface area (Å²) in [5.41, 5.74) is 0.413. The molecule has 1 aromatic carbocycles. The Morgan fingerprint density at radius 3 is 2.70 bits per heavy atom. The molecular formula is C13H13FN2O3S. The number of hydrogen-bond donors (Lipinski definition) is 1. The average molecular weight is 296 g/mol. The van der Waals surface area contributed by atoms with E-state index in [4.69, 9.17) is 0 Å². The standard InChI is InChI=1S/C13H13FN2O3S/c1-8-13(19)16(12(18)7-20-8)6-11(17)15-10-4-2-9(14)3-5-10/h2-5,8H,6-7H2,1H3,(H,15,17). The van der Waals surface area contributed by atoms with Gasteiger partial charge in [0.25, 0.3) is 0 Å². The minimum atomic E-state index is -0.489. The van der Waals surface area contributed by atoms with Gasteiger partial charge in [-0.25, -0.2) is 4.39 Å². The number of amides is 3. The van der Waals surface area contributed by atoms with Crippen molar-refractivity contribution in [1.82, 2.24) is 4.90 Å². The van der Waals surface area contributed by atoms with E-state index >= 15 is 0 Å². The van der Waals surface area contributed by atoms with Gasteiger partial charge in [-0.05, 0) is 31.2 Å². The second kappa shape index (κ2) is 6.04. The van der Waals surface area contributed by atoms with Crippen LogP contribution in [-0.4, -0.2) is 40.2 Å². The van der Waals surface area contributed by atoms with Crippen molar-refractivity contribution in [1.29, 1.82) is 0 Å². The molecule has 0 bridgehead atoms. The van der Waals surface area contributed by atoms with Gasteiger partial charge < -0.3 is 5.32 Å². The fourth-order valence-electron chi connectivity index (χ4n) is 1.73. The van der Waals surface area contributed by atoms with Crippen molar-refractivity contribution in [2.45, 2.75) is 12.2 Å². The molecule has 3 amide bonds. The highest BCUT2D eigenvalue weighted by Gasteiger charge is 2.33. The van der Waals surface area contributed by atoms with E-state index in [0.29, 0.717) is 5.69 Å². The third kappa shape index (κ3) is 3.36. The molecule has 0 spiro atoms. The maximum absolute atomic E-state index is 12.7. The predicted molar refractivity (Wildman–Crippen MR) is 73.7 cm³/mol. The topological polar surface area (TPSA) is 66.5 Å². The monoisotopic (exact) mass is 296 g/mol. The minimum Gasteiger partial charge on any atom is -0.325 e. The summed E-state index contributed by atoms with van der Waals surface area (Å²) in [5, 5.41) is 2.19. The van der Waals surface area contributed by atoms with Gasteiger partial charge in [-0.15, -0.1) is 11.8 Å². The molecule has 106 valence electrons. The molecule has 1 saturated heterocycles. The molecule has 1 heterocycles.